The van der Waals surface area contributed by atoms with Gasteiger partial charge in [-0.2, -0.15) is 0 Å². The molecular weight excluding hydrogens is 390 g/mol. The van der Waals surface area contributed by atoms with Gasteiger partial charge in [-0.25, -0.2) is 15.3 Å². The average molecular weight is 419 g/mol. The van der Waals surface area contributed by atoms with Crippen molar-refractivity contribution in [2.45, 2.75) is 20.3 Å². The molecule has 2 aromatic rings. The van der Waals surface area contributed by atoms with Crippen LogP contribution in [0.2, 0.25) is 0 Å². The first kappa shape index (κ1) is 24.6. The van der Waals surface area contributed by atoms with Crippen molar-refractivity contribution in [2.75, 3.05) is 37.2 Å². The van der Waals surface area contributed by atoms with Gasteiger partial charge in [0.15, 0.2) is 0 Å². The van der Waals surface area contributed by atoms with E-state index in [-0.39, 0.29) is 23.5 Å². The number of hydrogen-bond acceptors (Lipinski definition) is 8. The molecule has 6 N–H and O–H groups in total. The van der Waals surface area contributed by atoms with E-state index in [0.29, 0.717) is 32.6 Å². The summed E-state index contributed by atoms with van der Waals surface area (Å²) in [6.07, 6.45) is 2.41. The van der Waals surface area contributed by atoms with Gasteiger partial charge in [-0.05, 0) is 42.7 Å². The highest BCUT2D eigenvalue weighted by atomic mass is 16.6. The summed E-state index contributed by atoms with van der Waals surface area (Å²) in [4.78, 5) is 28.1. The number of carbonyl (C=O) groups excluding carboxylic acids is 2. The molecule has 0 bridgehead atoms. The molecule has 30 heavy (non-hydrogen) atoms. The van der Waals surface area contributed by atoms with Crippen molar-refractivity contribution in [3.8, 4) is 0 Å². The molecule has 0 atom stereocenters. The summed E-state index contributed by atoms with van der Waals surface area (Å²) in [5.41, 5.74) is 7.45. The summed E-state index contributed by atoms with van der Waals surface area (Å²) >= 11 is 0. The Morgan fingerprint density at radius 1 is 1.13 bits per heavy atom. The first-order valence-electron chi connectivity index (χ1n) is 9.29. The van der Waals surface area contributed by atoms with Crippen LogP contribution < -0.4 is 16.9 Å². The van der Waals surface area contributed by atoms with Crippen LogP contribution >= 0.6 is 0 Å². The van der Waals surface area contributed by atoms with E-state index in [1.165, 1.54) is 0 Å². The number of nitrogens with two attached hydrogens (primary N) is 2. The van der Waals surface area contributed by atoms with Crippen LogP contribution in [0, 0.1) is 6.92 Å². The first-order valence-corrected chi connectivity index (χ1v) is 9.29. The maximum atomic E-state index is 12.4. The molecule has 1 aliphatic heterocycles. The number of carbonyl (C=O) groups is 2. The molecule has 11 heteroatoms. The smallest absolute Gasteiger partial charge is 0.321 e. The van der Waals surface area contributed by atoms with Gasteiger partial charge in [0.1, 0.15) is 0 Å². The number of amides is 3. The minimum atomic E-state index is -0.334. The van der Waals surface area contributed by atoms with E-state index >= 15 is 0 Å². The van der Waals surface area contributed by atoms with Crippen molar-refractivity contribution >= 4 is 23.4 Å². The quantitative estimate of drug-likeness (QED) is 0.423. The zero-order chi connectivity index (χ0) is 22.5. The summed E-state index contributed by atoms with van der Waals surface area (Å²) in [6.45, 7) is 9.14. The largest absolute Gasteiger partial charge is 0.379 e. The summed E-state index contributed by atoms with van der Waals surface area (Å²) in [5, 5.41) is 16.3. The number of nitrogen functional groups attached to an aromatic ring is 1. The number of hydrogen-bond donors (Lipinski definition) is 4. The van der Waals surface area contributed by atoms with Crippen molar-refractivity contribution in [1.29, 1.82) is 0 Å². The molecule has 3 rings (SSSR count). The zero-order valence-corrected chi connectivity index (χ0v) is 17.2. The third-order valence-electron chi connectivity index (χ3n) is 4.09. The normalized spacial score (nSPS) is 13.1. The van der Waals surface area contributed by atoms with E-state index < -0.39 is 0 Å². The van der Waals surface area contributed by atoms with Crippen molar-refractivity contribution in [3.05, 3.63) is 48.2 Å². The number of nitrogens with zero attached hydrogens (tertiary/aromatic N) is 4. The molecule has 0 saturated carbocycles. The lowest BCUT2D eigenvalue weighted by Gasteiger charge is -2.22. The Hall–Kier alpha value is -3.44. The van der Waals surface area contributed by atoms with Gasteiger partial charge >= 0.3 is 6.03 Å². The topological polar surface area (TPSA) is 164 Å². The summed E-state index contributed by atoms with van der Waals surface area (Å²) < 4.78 is 4.48. The monoisotopic (exact) mass is 419 g/mol. The molecule has 11 nitrogen and oxygen atoms in total. The van der Waals surface area contributed by atoms with Crippen LogP contribution in [0.1, 0.15) is 29.4 Å². The second-order valence-electron chi connectivity index (χ2n) is 6.34. The molecule has 3 amide bonds. The van der Waals surface area contributed by atoms with Crippen LogP contribution in [0.4, 0.5) is 16.3 Å². The van der Waals surface area contributed by atoms with Crippen LogP contribution in [-0.4, -0.2) is 63.4 Å². The number of allylic oxidation sites excluding steroid dienone is 1. The van der Waals surface area contributed by atoms with Crippen molar-refractivity contribution in [1.82, 2.24) is 20.1 Å². The van der Waals surface area contributed by atoms with Crippen LogP contribution in [0.25, 0.3) is 0 Å². The van der Waals surface area contributed by atoms with Gasteiger partial charge in [0, 0.05) is 31.9 Å². The fourth-order valence-corrected chi connectivity index (χ4v) is 2.66. The van der Waals surface area contributed by atoms with E-state index in [9.17, 15) is 9.59 Å². The molecule has 164 valence electrons. The number of nitrogens with one attached hydrogen (secondary N) is 1. The zero-order valence-electron chi connectivity index (χ0n) is 17.2. The van der Waals surface area contributed by atoms with Crippen LogP contribution in [0.3, 0.4) is 0 Å². The highest BCUT2D eigenvalue weighted by Crippen LogP contribution is 2.13. The fourth-order valence-electron chi connectivity index (χ4n) is 2.66. The molecule has 0 spiro atoms. The molecule has 1 saturated heterocycles. The minimum absolute atomic E-state index is 0.0116. The van der Waals surface area contributed by atoms with E-state index in [1.54, 1.807) is 15.9 Å². The Balaban J connectivity index is 0.000000826. The maximum Gasteiger partial charge on any atom is 0.321 e. The third-order valence-corrected chi connectivity index (χ3v) is 4.09. The molecule has 1 aliphatic rings. The Kier molecular flexibility index (Phi) is 10.6. The molecule has 0 radical (unpaired) electrons. The highest BCUT2D eigenvalue weighted by Gasteiger charge is 2.26. The third kappa shape index (κ3) is 7.18. The standard InChI is InChI=1S/C16H20N6O3.C3H6.H3NO/c1-11-3-5-12(6-4-11)18-16(24)22-8-2-7-21(9-10-22)15(23)13-14(17)20-25-19-13;1-3-2;1-2/h3-6H,2,7-10H2,1H3,(H2,17,20)(H,18,24);3H,1H2,2H3;2H,1H2. The predicted octanol–water partition coefficient (Wildman–Crippen LogP) is 1.87. The number of rotatable bonds is 2. The molecule has 0 unspecified atom stereocenters. The molecule has 2 heterocycles. The number of anilines is 2. The molecule has 1 aromatic carbocycles. The molecule has 0 aliphatic carbocycles. The van der Waals surface area contributed by atoms with Gasteiger partial charge in [0.05, 0.1) is 0 Å². The number of aromatic nitrogens is 2. The molecule has 1 aromatic heterocycles. The highest BCUT2D eigenvalue weighted by molar-refractivity contribution is 5.96. The van der Waals surface area contributed by atoms with Gasteiger partial charge < -0.3 is 26.1 Å². The Morgan fingerprint density at radius 2 is 1.70 bits per heavy atom. The SMILES string of the molecule is C=CC.Cc1ccc(NC(=O)N2CCCN(C(=O)c3nonc3N)CC2)cc1.NO. The van der Waals surface area contributed by atoms with Crippen molar-refractivity contribution in [2.24, 2.45) is 5.90 Å². The Labute approximate surface area is 175 Å². The van der Waals surface area contributed by atoms with E-state index in [2.05, 4.69) is 32.7 Å². The van der Waals surface area contributed by atoms with Crippen molar-refractivity contribution in [3.63, 3.8) is 0 Å². The number of aryl methyl sites for hydroxylation is 1. The van der Waals surface area contributed by atoms with Gasteiger partial charge in [0.2, 0.25) is 11.5 Å². The summed E-state index contributed by atoms with van der Waals surface area (Å²) in [5.74, 6) is 3.14. The van der Waals surface area contributed by atoms with E-state index in [0.717, 1.165) is 11.3 Å². The second kappa shape index (κ2) is 12.9. The fraction of sp³-hybridized carbons (Fsp3) is 0.368. The second-order valence-corrected chi connectivity index (χ2v) is 6.34. The van der Waals surface area contributed by atoms with E-state index in [4.69, 9.17) is 10.9 Å². The van der Waals surface area contributed by atoms with Gasteiger partial charge in [-0.15, -0.1) is 6.58 Å². The first-order chi connectivity index (χ1) is 14.5. The van der Waals surface area contributed by atoms with Gasteiger partial charge in [0.25, 0.3) is 5.91 Å². The molecular formula is C19H29N7O4. The Bertz CT molecular complexity index is 807. The van der Waals surface area contributed by atoms with Gasteiger partial charge in [-0.3, -0.25) is 4.79 Å². The summed E-state index contributed by atoms with van der Waals surface area (Å²) in [7, 11) is 0. The van der Waals surface area contributed by atoms with Crippen LogP contribution in [-0.2, 0) is 0 Å². The molecule has 1 fully saturated rings. The Morgan fingerprint density at radius 3 is 2.27 bits per heavy atom. The minimum Gasteiger partial charge on any atom is -0.379 e. The number of urea groups is 1. The lowest BCUT2D eigenvalue weighted by molar-refractivity contribution is 0.0752. The number of benzene rings is 1. The summed E-state index contributed by atoms with van der Waals surface area (Å²) in [6, 6.07) is 7.42. The van der Waals surface area contributed by atoms with Crippen LogP contribution in [0.5, 0.6) is 0 Å². The van der Waals surface area contributed by atoms with Crippen molar-refractivity contribution < 1.29 is 19.4 Å². The maximum absolute atomic E-state index is 12.4. The van der Waals surface area contributed by atoms with Gasteiger partial charge in [-0.1, -0.05) is 23.8 Å². The lowest BCUT2D eigenvalue weighted by atomic mass is 10.2. The average Bonchev–Trinajstić information content (AvgIpc) is 3.02. The van der Waals surface area contributed by atoms with Crippen LogP contribution in [0.15, 0.2) is 41.5 Å². The van der Waals surface area contributed by atoms with E-state index in [1.807, 2.05) is 38.1 Å². The predicted molar refractivity (Wildman–Crippen MR) is 113 cm³/mol. The lowest BCUT2D eigenvalue weighted by Crippen LogP contribution is -2.39.